The Kier molecular flexibility index (Phi) is 3.90. The number of fused-ring (bicyclic) bond motifs is 1. The summed E-state index contributed by atoms with van der Waals surface area (Å²) in [6, 6.07) is 7.97. The molecule has 1 amide bonds. The summed E-state index contributed by atoms with van der Waals surface area (Å²) in [6.45, 7) is 4.13. The van der Waals surface area contributed by atoms with Gasteiger partial charge in [0.1, 0.15) is 11.6 Å². The Morgan fingerprint density at radius 1 is 1.35 bits per heavy atom. The van der Waals surface area contributed by atoms with E-state index in [1.165, 1.54) is 12.1 Å². The van der Waals surface area contributed by atoms with E-state index in [2.05, 4.69) is 29.5 Å². The van der Waals surface area contributed by atoms with E-state index in [-0.39, 0.29) is 23.8 Å². The summed E-state index contributed by atoms with van der Waals surface area (Å²) in [5, 5.41) is 6.65. The molecule has 1 aliphatic rings. The van der Waals surface area contributed by atoms with Crippen molar-refractivity contribution < 1.29 is 9.18 Å². The number of hydrogen-bond acceptors (Lipinski definition) is 4. The molecule has 5 nitrogen and oxygen atoms in total. The van der Waals surface area contributed by atoms with Gasteiger partial charge in [-0.15, -0.1) is 0 Å². The van der Waals surface area contributed by atoms with Crippen LogP contribution in [0, 0.1) is 11.7 Å². The lowest BCUT2D eigenvalue weighted by molar-refractivity contribution is 0.100. The van der Waals surface area contributed by atoms with Crippen LogP contribution in [0.3, 0.4) is 0 Å². The topological polar surface area (TPSA) is 80.0 Å². The molecule has 3 atom stereocenters. The molecular weight excluding hydrogens is 295 g/mol. The van der Waals surface area contributed by atoms with Crippen molar-refractivity contribution in [3.63, 3.8) is 0 Å². The van der Waals surface area contributed by atoms with Gasteiger partial charge < -0.3 is 16.4 Å². The predicted octanol–water partition coefficient (Wildman–Crippen LogP) is 2.92. The van der Waals surface area contributed by atoms with Crippen LogP contribution in [0.15, 0.2) is 36.5 Å². The molecule has 3 rings (SSSR count). The van der Waals surface area contributed by atoms with Gasteiger partial charge in [0.25, 0.3) is 5.91 Å². The first-order chi connectivity index (χ1) is 11.0. The molecule has 4 N–H and O–H groups in total. The van der Waals surface area contributed by atoms with Crippen LogP contribution < -0.4 is 16.4 Å². The molecular formula is C17H19FN4O. The van der Waals surface area contributed by atoms with Gasteiger partial charge in [0.2, 0.25) is 0 Å². The highest BCUT2D eigenvalue weighted by Gasteiger charge is 2.32. The Bertz CT molecular complexity index is 749. The number of hydrogen-bond donors (Lipinski definition) is 3. The first-order valence-electron chi connectivity index (χ1n) is 7.54. The van der Waals surface area contributed by atoms with Gasteiger partial charge in [0.15, 0.2) is 0 Å². The van der Waals surface area contributed by atoms with E-state index in [1.807, 2.05) is 0 Å². The third kappa shape index (κ3) is 2.84. The smallest absolute Gasteiger partial charge is 0.252 e. The lowest BCUT2D eigenvalue weighted by atomic mass is 9.84. The molecule has 0 saturated carbocycles. The minimum atomic E-state index is -0.547. The van der Waals surface area contributed by atoms with Crippen molar-refractivity contribution in [3.05, 3.63) is 53.5 Å². The first kappa shape index (κ1) is 15.3. The quantitative estimate of drug-likeness (QED) is 0.814. The number of carbonyl (C=O) groups excluding carboxylic acids is 1. The molecule has 6 heteroatoms. The van der Waals surface area contributed by atoms with Crippen molar-refractivity contribution in [3.8, 4) is 0 Å². The van der Waals surface area contributed by atoms with E-state index in [0.29, 0.717) is 11.4 Å². The molecule has 120 valence electrons. The summed E-state index contributed by atoms with van der Waals surface area (Å²) in [6.07, 6.45) is 1.59. The summed E-state index contributed by atoms with van der Waals surface area (Å²) in [7, 11) is 0. The Balaban J connectivity index is 2.02. The fraction of sp³-hybridized carbons (Fsp3) is 0.294. The van der Waals surface area contributed by atoms with Gasteiger partial charge >= 0.3 is 0 Å². The van der Waals surface area contributed by atoms with Crippen LogP contribution in [-0.4, -0.2) is 16.9 Å². The molecule has 2 heterocycles. The van der Waals surface area contributed by atoms with Gasteiger partial charge in [-0.3, -0.25) is 4.79 Å². The number of nitrogens with one attached hydrogen (secondary N) is 2. The van der Waals surface area contributed by atoms with E-state index in [0.717, 1.165) is 11.3 Å². The van der Waals surface area contributed by atoms with Crippen molar-refractivity contribution in [1.29, 1.82) is 0 Å². The lowest BCUT2D eigenvalue weighted by Gasteiger charge is -2.38. The number of nitrogens with two attached hydrogens (primary N) is 1. The zero-order valence-corrected chi connectivity index (χ0v) is 13.0. The molecule has 0 unspecified atom stereocenters. The van der Waals surface area contributed by atoms with Gasteiger partial charge in [0, 0.05) is 29.4 Å². The highest BCUT2D eigenvalue weighted by atomic mass is 19.1. The lowest BCUT2D eigenvalue weighted by Crippen LogP contribution is -2.37. The Morgan fingerprint density at radius 2 is 2.13 bits per heavy atom. The normalized spacial score (nSPS) is 22.8. The highest BCUT2D eigenvalue weighted by Crippen LogP contribution is 2.39. The second-order valence-electron chi connectivity index (χ2n) is 5.91. The van der Waals surface area contributed by atoms with Crippen LogP contribution in [-0.2, 0) is 0 Å². The molecule has 23 heavy (non-hydrogen) atoms. The number of benzene rings is 1. The van der Waals surface area contributed by atoms with Crippen LogP contribution in [0.5, 0.6) is 0 Å². The fourth-order valence-electron chi connectivity index (χ4n) is 2.95. The third-order valence-corrected chi connectivity index (χ3v) is 4.41. The maximum absolute atomic E-state index is 13.7. The van der Waals surface area contributed by atoms with Crippen molar-refractivity contribution in [2.45, 2.75) is 25.9 Å². The Morgan fingerprint density at radius 3 is 2.87 bits per heavy atom. The number of rotatable bonds is 3. The standard InChI is InChI=1S/C17H19FN4O/c1-9-10(2)21-14-6-5-11(18)8-13(14)15(9)22-17-12(16(19)23)4-3-7-20-17/h3-10,15,21H,1-2H3,(H2,19,23)(H,20,22)/t9-,10-,15+/m0/s1. The summed E-state index contributed by atoms with van der Waals surface area (Å²) >= 11 is 0. The third-order valence-electron chi connectivity index (χ3n) is 4.41. The number of halogens is 1. The van der Waals surface area contributed by atoms with Crippen molar-refractivity contribution >= 4 is 17.4 Å². The second kappa shape index (κ2) is 5.87. The van der Waals surface area contributed by atoms with Gasteiger partial charge in [-0.25, -0.2) is 9.37 Å². The molecule has 1 aliphatic heterocycles. The Hall–Kier alpha value is -2.63. The van der Waals surface area contributed by atoms with Gasteiger partial charge in [0.05, 0.1) is 11.6 Å². The van der Waals surface area contributed by atoms with E-state index in [1.54, 1.807) is 24.4 Å². The molecule has 0 radical (unpaired) electrons. The van der Waals surface area contributed by atoms with E-state index in [4.69, 9.17) is 5.73 Å². The van der Waals surface area contributed by atoms with Crippen LogP contribution in [0.2, 0.25) is 0 Å². The summed E-state index contributed by atoms with van der Waals surface area (Å²) in [5.74, 6) is -0.266. The molecule has 0 fully saturated rings. The maximum atomic E-state index is 13.7. The molecule has 1 aromatic heterocycles. The molecule has 0 aliphatic carbocycles. The number of anilines is 2. The minimum absolute atomic E-state index is 0.159. The van der Waals surface area contributed by atoms with Crippen molar-refractivity contribution in [1.82, 2.24) is 4.98 Å². The first-order valence-corrected chi connectivity index (χ1v) is 7.54. The number of carbonyl (C=O) groups is 1. The second-order valence-corrected chi connectivity index (χ2v) is 5.91. The highest BCUT2D eigenvalue weighted by molar-refractivity contribution is 5.97. The number of amides is 1. The van der Waals surface area contributed by atoms with Gasteiger partial charge in [-0.1, -0.05) is 6.92 Å². The molecule has 2 aromatic rings. The predicted molar refractivity (Wildman–Crippen MR) is 87.8 cm³/mol. The van der Waals surface area contributed by atoms with E-state index < -0.39 is 5.91 Å². The summed E-state index contributed by atoms with van der Waals surface area (Å²) < 4.78 is 13.7. The van der Waals surface area contributed by atoms with E-state index >= 15 is 0 Å². The monoisotopic (exact) mass is 314 g/mol. The van der Waals surface area contributed by atoms with Crippen molar-refractivity contribution in [2.24, 2.45) is 11.7 Å². The molecule has 0 saturated heterocycles. The number of pyridine rings is 1. The van der Waals surface area contributed by atoms with Crippen LogP contribution in [0.4, 0.5) is 15.9 Å². The minimum Gasteiger partial charge on any atom is -0.382 e. The SMILES string of the molecule is C[C@H]1[C@H](C)Nc2ccc(F)cc2[C@@H]1Nc1ncccc1C(N)=O. The van der Waals surface area contributed by atoms with E-state index in [9.17, 15) is 9.18 Å². The number of aromatic nitrogens is 1. The molecule has 0 bridgehead atoms. The zero-order chi connectivity index (χ0) is 16.6. The largest absolute Gasteiger partial charge is 0.382 e. The number of primary amides is 1. The summed E-state index contributed by atoms with van der Waals surface area (Å²) in [5.41, 5.74) is 7.43. The van der Waals surface area contributed by atoms with Crippen LogP contribution >= 0.6 is 0 Å². The Labute approximate surface area is 134 Å². The van der Waals surface area contributed by atoms with Crippen molar-refractivity contribution in [2.75, 3.05) is 10.6 Å². The number of nitrogens with zero attached hydrogens (tertiary/aromatic N) is 1. The summed E-state index contributed by atoms with van der Waals surface area (Å²) in [4.78, 5) is 15.8. The molecule has 1 aromatic carbocycles. The van der Waals surface area contributed by atoms with Gasteiger partial charge in [-0.05, 0) is 37.3 Å². The molecule has 0 spiro atoms. The van der Waals surface area contributed by atoms with Crippen LogP contribution in [0.1, 0.15) is 35.8 Å². The average Bonchev–Trinajstić information content (AvgIpc) is 2.53. The average molecular weight is 314 g/mol. The fourth-order valence-corrected chi connectivity index (χ4v) is 2.95. The maximum Gasteiger partial charge on any atom is 0.252 e. The van der Waals surface area contributed by atoms with Crippen LogP contribution in [0.25, 0.3) is 0 Å². The van der Waals surface area contributed by atoms with Gasteiger partial charge in [-0.2, -0.15) is 0 Å². The zero-order valence-electron chi connectivity index (χ0n) is 13.0.